The highest BCUT2D eigenvalue weighted by Crippen LogP contribution is 2.11. The molecule has 0 aliphatic heterocycles. The summed E-state index contributed by atoms with van der Waals surface area (Å²) in [4.78, 5) is 27.2. The van der Waals surface area contributed by atoms with E-state index in [9.17, 15) is 9.59 Å². The van der Waals surface area contributed by atoms with Crippen LogP contribution >= 0.6 is 23.7 Å². The van der Waals surface area contributed by atoms with Crippen LogP contribution in [0.2, 0.25) is 0 Å². The molecule has 0 spiro atoms. The first-order valence-corrected chi connectivity index (χ1v) is 7.11. The van der Waals surface area contributed by atoms with Crippen LogP contribution in [0.4, 0.5) is 0 Å². The summed E-state index contributed by atoms with van der Waals surface area (Å²) < 4.78 is 0. The number of likely N-dealkylation sites (N-methyl/N-ethyl adjacent to an activating group) is 1. The first-order valence-electron chi connectivity index (χ1n) is 6.23. The monoisotopic (exact) mass is 320 g/mol. The quantitative estimate of drug-likeness (QED) is 0.795. The summed E-state index contributed by atoms with van der Waals surface area (Å²) in [5.41, 5.74) is 0. The van der Waals surface area contributed by atoms with Crippen molar-refractivity contribution < 1.29 is 14.7 Å². The summed E-state index contributed by atoms with van der Waals surface area (Å²) in [5.74, 6) is -0.953. The number of hydrogen-bond donors (Lipinski definition) is 1. The van der Waals surface area contributed by atoms with Gasteiger partial charge in [-0.15, -0.1) is 23.7 Å². The van der Waals surface area contributed by atoms with Crippen molar-refractivity contribution in [3.63, 3.8) is 0 Å². The molecule has 0 saturated carbocycles. The number of thiophene rings is 1. The zero-order valence-electron chi connectivity index (χ0n) is 11.7. The minimum Gasteiger partial charge on any atom is -0.480 e. The van der Waals surface area contributed by atoms with E-state index in [1.54, 1.807) is 28.2 Å². The van der Waals surface area contributed by atoms with Crippen molar-refractivity contribution in [2.75, 3.05) is 26.7 Å². The fourth-order valence-corrected chi connectivity index (χ4v) is 2.52. The minimum atomic E-state index is -0.901. The zero-order chi connectivity index (χ0) is 14.3. The number of nitrogens with zero attached hydrogens (tertiary/aromatic N) is 2. The Labute approximate surface area is 129 Å². The Kier molecular flexibility index (Phi) is 9.20. The van der Waals surface area contributed by atoms with Gasteiger partial charge in [-0.05, 0) is 24.4 Å². The SMILES string of the molecule is CCCN(CC(=O)O)CC(=O)N(C)Cc1cccs1.Cl. The summed E-state index contributed by atoms with van der Waals surface area (Å²) >= 11 is 1.61. The van der Waals surface area contributed by atoms with Crippen LogP contribution in [0, 0.1) is 0 Å². The van der Waals surface area contributed by atoms with Crippen LogP contribution in [0.25, 0.3) is 0 Å². The van der Waals surface area contributed by atoms with Crippen molar-refractivity contribution >= 4 is 35.6 Å². The molecule has 0 atom stereocenters. The lowest BCUT2D eigenvalue weighted by Crippen LogP contribution is -2.40. The lowest BCUT2D eigenvalue weighted by Gasteiger charge is -2.23. The summed E-state index contributed by atoms with van der Waals surface area (Å²) in [7, 11) is 1.74. The Morgan fingerprint density at radius 3 is 2.55 bits per heavy atom. The molecular formula is C13H21ClN2O3S. The number of carboxylic acids is 1. The summed E-state index contributed by atoms with van der Waals surface area (Å²) in [5, 5.41) is 10.8. The molecule has 114 valence electrons. The zero-order valence-corrected chi connectivity index (χ0v) is 13.4. The fourth-order valence-electron chi connectivity index (χ4n) is 1.76. The molecule has 1 N–H and O–H groups in total. The topological polar surface area (TPSA) is 60.9 Å². The molecule has 0 fully saturated rings. The van der Waals surface area contributed by atoms with Gasteiger partial charge in [-0.2, -0.15) is 0 Å². The normalized spacial score (nSPS) is 10.2. The lowest BCUT2D eigenvalue weighted by atomic mass is 10.3. The number of halogens is 1. The standard InChI is InChI=1S/C13H20N2O3S.ClH/c1-3-6-15(10-13(17)18)9-12(16)14(2)8-11-5-4-7-19-11;/h4-5,7H,3,6,8-10H2,1-2H3,(H,17,18);1H. The van der Waals surface area contributed by atoms with Gasteiger partial charge in [0.05, 0.1) is 19.6 Å². The van der Waals surface area contributed by atoms with Crippen LogP contribution in [0.1, 0.15) is 18.2 Å². The van der Waals surface area contributed by atoms with Crippen LogP contribution in [-0.4, -0.2) is 53.5 Å². The van der Waals surface area contributed by atoms with Crippen LogP contribution in [0.5, 0.6) is 0 Å². The molecule has 20 heavy (non-hydrogen) atoms. The highest BCUT2D eigenvalue weighted by atomic mass is 35.5. The van der Waals surface area contributed by atoms with E-state index in [2.05, 4.69) is 0 Å². The average Bonchev–Trinajstić information content (AvgIpc) is 2.81. The number of hydrogen-bond acceptors (Lipinski definition) is 4. The van der Waals surface area contributed by atoms with E-state index in [1.807, 2.05) is 24.4 Å². The first-order chi connectivity index (χ1) is 9.02. The number of aliphatic carboxylic acids is 1. The third-order valence-corrected chi connectivity index (χ3v) is 3.52. The van der Waals surface area contributed by atoms with Crippen molar-refractivity contribution in [2.24, 2.45) is 0 Å². The first kappa shape index (κ1) is 18.9. The molecule has 0 bridgehead atoms. The third-order valence-electron chi connectivity index (χ3n) is 2.66. The van der Waals surface area contributed by atoms with Gasteiger partial charge in [0.25, 0.3) is 0 Å². The Bertz CT molecular complexity index is 412. The summed E-state index contributed by atoms with van der Waals surface area (Å²) in [6.07, 6.45) is 0.829. The summed E-state index contributed by atoms with van der Waals surface area (Å²) in [6, 6.07) is 3.93. The van der Waals surface area contributed by atoms with Crippen molar-refractivity contribution in [3.8, 4) is 0 Å². The summed E-state index contributed by atoms with van der Waals surface area (Å²) in [6.45, 7) is 3.22. The van der Waals surface area contributed by atoms with Gasteiger partial charge < -0.3 is 10.0 Å². The number of carbonyl (C=O) groups is 2. The van der Waals surface area contributed by atoms with E-state index in [0.717, 1.165) is 11.3 Å². The Morgan fingerprint density at radius 1 is 1.35 bits per heavy atom. The molecule has 1 aromatic heterocycles. The number of carboxylic acid groups (broad SMARTS) is 1. The van der Waals surface area contributed by atoms with Crippen LogP contribution in [0.3, 0.4) is 0 Å². The van der Waals surface area contributed by atoms with Crippen molar-refractivity contribution in [1.29, 1.82) is 0 Å². The largest absolute Gasteiger partial charge is 0.480 e. The molecule has 1 heterocycles. The van der Waals surface area contributed by atoms with E-state index >= 15 is 0 Å². The van der Waals surface area contributed by atoms with Crippen LogP contribution in [-0.2, 0) is 16.1 Å². The van der Waals surface area contributed by atoms with Gasteiger partial charge in [0.1, 0.15) is 0 Å². The molecule has 0 aromatic carbocycles. The second-order valence-electron chi connectivity index (χ2n) is 4.43. The second kappa shape index (κ2) is 9.74. The van der Waals surface area contributed by atoms with E-state index in [4.69, 9.17) is 5.11 Å². The van der Waals surface area contributed by atoms with Crippen molar-refractivity contribution in [2.45, 2.75) is 19.9 Å². The smallest absolute Gasteiger partial charge is 0.317 e. The maximum atomic E-state index is 12.0. The molecule has 5 nitrogen and oxygen atoms in total. The Morgan fingerprint density at radius 2 is 2.05 bits per heavy atom. The highest BCUT2D eigenvalue weighted by Gasteiger charge is 2.16. The number of rotatable bonds is 8. The van der Waals surface area contributed by atoms with Crippen LogP contribution < -0.4 is 0 Å². The minimum absolute atomic E-state index is 0. The molecule has 0 aliphatic carbocycles. The van der Waals surface area contributed by atoms with Gasteiger partial charge in [0.15, 0.2) is 0 Å². The second-order valence-corrected chi connectivity index (χ2v) is 5.47. The molecular weight excluding hydrogens is 300 g/mol. The van der Waals surface area contributed by atoms with Crippen molar-refractivity contribution in [3.05, 3.63) is 22.4 Å². The molecule has 0 unspecified atom stereocenters. The van der Waals surface area contributed by atoms with Gasteiger partial charge in [-0.3, -0.25) is 14.5 Å². The maximum Gasteiger partial charge on any atom is 0.317 e. The molecule has 0 radical (unpaired) electrons. The van der Waals surface area contributed by atoms with E-state index in [-0.39, 0.29) is 31.4 Å². The van der Waals surface area contributed by atoms with E-state index < -0.39 is 5.97 Å². The van der Waals surface area contributed by atoms with Crippen LogP contribution in [0.15, 0.2) is 17.5 Å². The average molecular weight is 321 g/mol. The third kappa shape index (κ3) is 6.88. The highest BCUT2D eigenvalue weighted by molar-refractivity contribution is 7.09. The Balaban J connectivity index is 0.00000361. The van der Waals surface area contributed by atoms with E-state index in [1.165, 1.54) is 0 Å². The van der Waals surface area contributed by atoms with Crippen molar-refractivity contribution in [1.82, 2.24) is 9.80 Å². The fraction of sp³-hybridized carbons (Fsp3) is 0.538. The Hall–Kier alpha value is -1.11. The molecule has 1 aromatic rings. The van der Waals surface area contributed by atoms with Gasteiger partial charge >= 0.3 is 5.97 Å². The van der Waals surface area contributed by atoms with Gasteiger partial charge in [0, 0.05) is 11.9 Å². The van der Waals surface area contributed by atoms with E-state index in [0.29, 0.717) is 13.1 Å². The predicted octanol–water partition coefficient (Wildman–Crippen LogP) is 1.92. The number of carbonyl (C=O) groups excluding carboxylic acids is 1. The van der Waals surface area contributed by atoms with Gasteiger partial charge in [-0.25, -0.2) is 0 Å². The lowest BCUT2D eigenvalue weighted by molar-refractivity contribution is -0.139. The molecule has 1 amide bonds. The van der Waals surface area contributed by atoms with Gasteiger partial charge in [0.2, 0.25) is 5.91 Å². The van der Waals surface area contributed by atoms with Gasteiger partial charge in [-0.1, -0.05) is 13.0 Å². The molecule has 1 rings (SSSR count). The molecule has 7 heteroatoms. The molecule has 0 aliphatic rings. The molecule has 0 saturated heterocycles. The number of amides is 1. The maximum absolute atomic E-state index is 12.0. The predicted molar refractivity (Wildman–Crippen MR) is 82.4 cm³/mol.